The van der Waals surface area contributed by atoms with Gasteiger partial charge in [-0.25, -0.2) is 4.79 Å². The van der Waals surface area contributed by atoms with Crippen LogP contribution in [0.15, 0.2) is 42.1 Å². The van der Waals surface area contributed by atoms with Crippen LogP contribution in [-0.4, -0.2) is 39.9 Å². The number of aliphatic carboxylic acids is 1. The van der Waals surface area contributed by atoms with Crippen molar-refractivity contribution in [1.82, 2.24) is 10.2 Å². The molecule has 0 aliphatic carbocycles. The van der Waals surface area contributed by atoms with Crippen LogP contribution in [0, 0.1) is 0 Å². The average molecular weight is 286 g/mol. The van der Waals surface area contributed by atoms with Crippen LogP contribution in [0.25, 0.3) is 0 Å². The molecule has 108 valence electrons. The minimum Gasteiger partial charge on any atom is -0.477 e. The van der Waals surface area contributed by atoms with E-state index in [1.807, 2.05) is 30.3 Å². The van der Waals surface area contributed by atoms with Crippen molar-refractivity contribution in [1.29, 1.82) is 0 Å². The fourth-order valence-corrected chi connectivity index (χ4v) is 2.77. The number of rotatable bonds is 4. The number of nitrogens with zero attached hydrogens (tertiary/aromatic N) is 1. The van der Waals surface area contributed by atoms with E-state index in [-0.39, 0.29) is 30.0 Å². The molecular formula is C15H14N2O4. The van der Waals surface area contributed by atoms with Crippen LogP contribution >= 0.6 is 0 Å². The van der Waals surface area contributed by atoms with Crippen molar-refractivity contribution in [3.8, 4) is 0 Å². The van der Waals surface area contributed by atoms with Gasteiger partial charge in [0.25, 0.3) is 5.91 Å². The first-order valence-corrected chi connectivity index (χ1v) is 6.68. The van der Waals surface area contributed by atoms with Crippen molar-refractivity contribution in [2.75, 3.05) is 0 Å². The van der Waals surface area contributed by atoms with E-state index in [1.54, 1.807) is 0 Å². The largest absolute Gasteiger partial charge is 0.477 e. The second kappa shape index (κ2) is 5.05. The van der Waals surface area contributed by atoms with Gasteiger partial charge in [0.2, 0.25) is 5.91 Å². The van der Waals surface area contributed by atoms with E-state index in [0.29, 0.717) is 6.42 Å². The van der Waals surface area contributed by atoms with Gasteiger partial charge in [0.05, 0.1) is 12.5 Å². The molecule has 2 heterocycles. The summed E-state index contributed by atoms with van der Waals surface area (Å²) in [6.07, 6.45) is 2.19. The third kappa shape index (κ3) is 2.29. The Morgan fingerprint density at radius 3 is 2.67 bits per heavy atom. The summed E-state index contributed by atoms with van der Waals surface area (Å²) in [5.74, 6) is -1.70. The van der Waals surface area contributed by atoms with E-state index < -0.39 is 12.0 Å². The third-order valence-electron chi connectivity index (χ3n) is 3.78. The van der Waals surface area contributed by atoms with Gasteiger partial charge in [-0.15, -0.1) is 0 Å². The number of nitrogens with one attached hydrogen (secondary N) is 1. The SMILES string of the molecule is O=C(Cc1ccccc1)NC1C(=O)N2C(C(=O)O)=CC[C@H]12. The highest BCUT2D eigenvalue weighted by Crippen LogP contribution is 2.34. The number of fused-ring (bicyclic) bond motifs is 1. The molecular weight excluding hydrogens is 272 g/mol. The lowest BCUT2D eigenvalue weighted by molar-refractivity contribution is -0.152. The fourth-order valence-electron chi connectivity index (χ4n) is 2.77. The predicted octanol–water partition coefficient (Wildman–Crippen LogP) is 0.297. The summed E-state index contributed by atoms with van der Waals surface area (Å²) in [5.41, 5.74) is 0.882. The van der Waals surface area contributed by atoms with Gasteiger partial charge in [-0.2, -0.15) is 0 Å². The lowest BCUT2D eigenvalue weighted by Crippen LogP contribution is -2.68. The van der Waals surface area contributed by atoms with Gasteiger partial charge in [-0.3, -0.25) is 14.5 Å². The van der Waals surface area contributed by atoms with Crippen LogP contribution in [0.1, 0.15) is 12.0 Å². The summed E-state index contributed by atoms with van der Waals surface area (Å²) < 4.78 is 0. The molecule has 1 fully saturated rings. The zero-order chi connectivity index (χ0) is 15.0. The molecule has 21 heavy (non-hydrogen) atoms. The molecule has 0 bridgehead atoms. The molecule has 3 rings (SSSR count). The molecule has 6 heteroatoms. The molecule has 1 aromatic carbocycles. The molecule has 6 nitrogen and oxygen atoms in total. The second-order valence-electron chi connectivity index (χ2n) is 5.11. The Balaban J connectivity index is 1.60. The Hall–Kier alpha value is -2.63. The highest BCUT2D eigenvalue weighted by molar-refractivity contribution is 6.02. The van der Waals surface area contributed by atoms with Crippen LogP contribution in [0.5, 0.6) is 0 Å². The van der Waals surface area contributed by atoms with Crippen molar-refractivity contribution in [3.63, 3.8) is 0 Å². The lowest BCUT2D eigenvalue weighted by atomic mass is 9.95. The van der Waals surface area contributed by atoms with E-state index in [2.05, 4.69) is 5.32 Å². The van der Waals surface area contributed by atoms with Gasteiger partial charge in [0.1, 0.15) is 11.7 Å². The molecule has 0 spiro atoms. The molecule has 2 aliphatic rings. The third-order valence-corrected chi connectivity index (χ3v) is 3.78. The quantitative estimate of drug-likeness (QED) is 0.779. The monoisotopic (exact) mass is 286 g/mol. The first-order valence-electron chi connectivity index (χ1n) is 6.68. The molecule has 0 radical (unpaired) electrons. The first kappa shape index (κ1) is 13.4. The maximum atomic E-state index is 12.0. The topological polar surface area (TPSA) is 86.7 Å². The number of carboxylic acid groups (broad SMARTS) is 1. The Kier molecular flexibility index (Phi) is 3.21. The minimum absolute atomic E-state index is 0.0126. The van der Waals surface area contributed by atoms with Crippen LogP contribution in [-0.2, 0) is 20.8 Å². The summed E-state index contributed by atoms with van der Waals surface area (Å²) in [5, 5.41) is 11.7. The van der Waals surface area contributed by atoms with E-state index in [4.69, 9.17) is 5.11 Å². The van der Waals surface area contributed by atoms with Crippen molar-refractivity contribution < 1.29 is 19.5 Å². The Morgan fingerprint density at radius 1 is 1.29 bits per heavy atom. The molecule has 2 N–H and O–H groups in total. The predicted molar refractivity (Wildman–Crippen MR) is 73.0 cm³/mol. The van der Waals surface area contributed by atoms with Crippen molar-refractivity contribution in [3.05, 3.63) is 47.7 Å². The number of hydrogen-bond acceptors (Lipinski definition) is 3. The standard InChI is InChI=1S/C15H14N2O4/c18-12(8-9-4-2-1-3-5-9)16-13-10-6-7-11(15(20)21)17(10)14(13)19/h1-5,7,10,13H,6,8H2,(H,16,18)(H,20,21)/t10-,13?/m1/s1. The number of hydrogen-bond donors (Lipinski definition) is 2. The highest BCUT2D eigenvalue weighted by atomic mass is 16.4. The van der Waals surface area contributed by atoms with Gasteiger partial charge in [-0.05, 0) is 12.0 Å². The summed E-state index contributed by atoms with van der Waals surface area (Å²) in [6, 6.07) is 8.37. The molecule has 0 aromatic heterocycles. The number of carbonyl (C=O) groups is 3. The molecule has 2 amide bonds. The fraction of sp³-hybridized carbons (Fsp3) is 0.267. The van der Waals surface area contributed by atoms with E-state index >= 15 is 0 Å². The number of benzene rings is 1. The summed E-state index contributed by atoms with van der Waals surface area (Å²) in [4.78, 5) is 36.1. The highest BCUT2D eigenvalue weighted by Gasteiger charge is 2.53. The van der Waals surface area contributed by atoms with Gasteiger partial charge >= 0.3 is 5.97 Å². The Bertz CT molecular complexity index is 638. The minimum atomic E-state index is -1.11. The van der Waals surface area contributed by atoms with E-state index in [0.717, 1.165) is 5.56 Å². The van der Waals surface area contributed by atoms with Gasteiger partial charge < -0.3 is 10.4 Å². The maximum Gasteiger partial charge on any atom is 0.352 e. The number of β-lactam (4-membered cyclic amide) rings is 1. The van der Waals surface area contributed by atoms with Crippen LogP contribution in [0.4, 0.5) is 0 Å². The zero-order valence-electron chi connectivity index (χ0n) is 11.2. The molecule has 2 atom stereocenters. The maximum absolute atomic E-state index is 12.0. The normalized spacial score (nSPS) is 23.1. The van der Waals surface area contributed by atoms with Crippen molar-refractivity contribution in [2.45, 2.75) is 24.9 Å². The Labute approximate surface area is 121 Å². The average Bonchev–Trinajstić information content (AvgIpc) is 2.86. The summed E-state index contributed by atoms with van der Waals surface area (Å²) in [6.45, 7) is 0. The number of amides is 2. The summed E-state index contributed by atoms with van der Waals surface area (Å²) >= 11 is 0. The van der Waals surface area contributed by atoms with Gasteiger partial charge in [0, 0.05) is 0 Å². The van der Waals surface area contributed by atoms with Crippen LogP contribution in [0.3, 0.4) is 0 Å². The molecule has 0 saturated carbocycles. The van der Waals surface area contributed by atoms with Crippen molar-refractivity contribution in [2.24, 2.45) is 0 Å². The molecule has 1 aromatic rings. The zero-order valence-corrected chi connectivity index (χ0v) is 11.2. The van der Waals surface area contributed by atoms with E-state index in [1.165, 1.54) is 11.0 Å². The smallest absolute Gasteiger partial charge is 0.352 e. The number of carboxylic acids is 1. The van der Waals surface area contributed by atoms with Gasteiger partial charge in [-0.1, -0.05) is 36.4 Å². The van der Waals surface area contributed by atoms with Gasteiger partial charge in [0.15, 0.2) is 0 Å². The summed E-state index contributed by atoms with van der Waals surface area (Å²) in [7, 11) is 0. The van der Waals surface area contributed by atoms with Crippen LogP contribution < -0.4 is 5.32 Å². The van der Waals surface area contributed by atoms with Crippen LogP contribution in [0.2, 0.25) is 0 Å². The molecule has 1 saturated heterocycles. The lowest BCUT2D eigenvalue weighted by Gasteiger charge is -2.43. The first-order chi connectivity index (χ1) is 10.1. The second-order valence-corrected chi connectivity index (χ2v) is 5.11. The molecule has 1 unspecified atom stereocenters. The Morgan fingerprint density at radius 2 is 2.00 bits per heavy atom. The van der Waals surface area contributed by atoms with E-state index in [9.17, 15) is 14.4 Å². The van der Waals surface area contributed by atoms with Crippen molar-refractivity contribution >= 4 is 17.8 Å². The number of carbonyl (C=O) groups excluding carboxylic acids is 2. The molecule has 2 aliphatic heterocycles.